The molecule has 0 saturated carbocycles. The first-order valence-corrected chi connectivity index (χ1v) is 10.8. The summed E-state index contributed by atoms with van der Waals surface area (Å²) in [6, 6.07) is 13.0. The van der Waals surface area contributed by atoms with Crippen molar-refractivity contribution in [3.8, 4) is 0 Å². The molecule has 164 valence electrons. The van der Waals surface area contributed by atoms with Crippen LogP contribution in [-0.4, -0.2) is 29.2 Å². The van der Waals surface area contributed by atoms with Crippen LogP contribution < -0.4 is 10.0 Å². The smallest absolute Gasteiger partial charge is 0.270 e. The van der Waals surface area contributed by atoms with Crippen molar-refractivity contribution in [1.29, 1.82) is 0 Å². The number of benzene rings is 2. The highest BCUT2D eigenvalue weighted by Crippen LogP contribution is 2.18. The quantitative estimate of drug-likeness (QED) is 0.317. The summed E-state index contributed by atoms with van der Waals surface area (Å²) in [5, 5.41) is 13.4. The molecule has 0 spiro atoms. The topological polar surface area (TPSA) is 144 Å². The minimum atomic E-state index is -3.87. The molecule has 1 aromatic heterocycles. The van der Waals surface area contributed by atoms with Gasteiger partial charge < -0.3 is 5.32 Å². The van der Waals surface area contributed by atoms with Crippen LogP contribution in [0.1, 0.15) is 17.1 Å². The van der Waals surface area contributed by atoms with Crippen LogP contribution in [0.2, 0.25) is 0 Å². The molecular weight excluding hydrogens is 434 g/mol. The molecule has 2 N–H and O–H groups in total. The predicted octanol–water partition coefficient (Wildman–Crippen LogP) is 3.45. The number of anilines is 2. The van der Waals surface area contributed by atoms with Crippen LogP contribution in [0.5, 0.6) is 0 Å². The van der Waals surface area contributed by atoms with Crippen LogP contribution >= 0.6 is 0 Å². The average molecular weight is 453 g/mol. The Morgan fingerprint density at radius 1 is 1.06 bits per heavy atom. The van der Waals surface area contributed by atoms with E-state index in [1.807, 2.05) is 0 Å². The highest BCUT2D eigenvalue weighted by atomic mass is 32.2. The van der Waals surface area contributed by atoms with Crippen molar-refractivity contribution < 1.29 is 18.1 Å². The van der Waals surface area contributed by atoms with Crippen molar-refractivity contribution in [2.24, 2.45) is 0 Å². The molecule has 0 saturated heterocycles. The summed E-state index contributed by atoms with van der Waals surface area (Å²) in [5.74, 6) is 0.134. The van der Waals surface area contributed by atoms with Crippen molar-refractivity contribution in [2.45, 2.75) is 18.7 Å². The monoisotopic (exact) mass is 453 g/mol. The van der Waals surface area contributed by atoms with E-state index in [1.54, 1.807) is 19.9 Å². The fourth-order valence-corrected chi connectivity index (χ4v) is 3.77. The molecule has 0 aliphatic carbocycles. The second kappa shape index (κ2) is 9.35. The number of sulfonamides is 1. The lowest BCUT2D eigenvalue weighted by Gasteiger charge is -2.09. The number of nitrogens with one attached hydrogen (secondary N) is 2. The number of nitro benzene ring substituents is 1. The van der Waals surface area contributed by atoms with Crippen molar-refractivity contribution in [1.82, 2.24) is 9.97 Å². The van der Waals surface area contributed by atoms with Gasteiger partial charge in [-0.3, -0.25) is 19.6 Å². The van der Waals surface area contributed by atoms with E-state index < -0.39 is 20.9 Å². The van der Waals surface area contributed by atoms with E-state index in [-0.39, 0.29) is 16.4 Å². The number of nitro groups is 1. The van der Waals surface area contributed by atoms with Gasteiger partial charge in [0.05, 0.1) is 9.82 Å². The standard InChI is InChI=1S/C21H19N5O5S/c1-14-12-20(23-15(2)22-14)25-32(30,31)19-9-7-17(8-10-19)24-21(27)11-6-16-4-3-5-18(13-16)26(28)29/h3-13H,1-2H3,(H,24,27)(H,22,23,25)/b11-6+. The van der Waals surface area contributed by atoms with Gasteiger partial charge >= 0.3 is 0 Å². The van der Waals surface area contributed by atoms with Gasteiger partial charge in [-0.25, -0.2) is 18.4 Å². The average Bonchev–Trinajstić information content (AvgIpc) is 2.72. The van der Waals surface area contributed by atoms with E-state index in [4.69, 9.17) is 0 Å². The summed E-state index contributed by atoms with van der Waals surface area (Å²) in [4.78, 5) is 30.6. The minimum absolute atomic E-state index is 0.00319. The Kier molecular flexibility index (Phi) is 6.59. The normalized spacial score (nSPS) is 11.3. The Bertz CT molecular complexity index is 1280. The summed E-state index contributed by atoms with van der Waals surface area (Å²) in [5.41, 5.74) is 1.43. The van der Waals surface area contributed by atoms with Gasteiger partial charge in [0.1, 0.15) is 11.6 Å². The van der Waals surface area contributed by atoms with Gasteiger partial charge in [0.15, 0.2) is 0 Å². The molecule has 10 nitrogen and oxygen atoms in total. The van der Waals surface area contributed by atoms with Crippen molar-refractivity contribution in [3.05, 3.63) is 87.9 Å². The van der Waals surface area contributed by atoms with E-state index in [2.05, 4.69) is 20.0 Å². The largest absolute Gasteiger partial charge is 0.323 e. The summed E-state index contributed by atoms with van der Waals surface area (Å²) in [7, 11) is -3.87. The number of hydrogen-bond donors (Lipinski definition) is 2. The van der Waals surface area contributed by atoms with E-state index in [0.29, 0.717) is 22.8 Å². The van der Waals surface area contributed by atoms with E-state index in [9.17, 15) is 23.3 Å². The number of carbonyl (C=O) groups is 1. The van der Waals surface area contributed by atoms with Gasteiger partial charge in [-0.15, -0.1) is 0 Å². The van der Waals surface area contributed by atoms with Crippen LogP contribution in [0.3, 0.4) is 0 Å². The molecule has 32 heavy (non-hydrogen) atoms. The highest BCUT2D eigenvalue weighted by Gasteiger charge is 2.15. The molecule has 0 fully saturated rings. The second-order valence-electron chi connectivity index (χ2n) is 6.75. The molecule has 0 aliphatic heterocycles. The Morgan fingerprint density at radius 2 is 1.78 bits per heavy atom. The maximum absolute atomic E-state index is 12.6. The number of rotatable bonds is 7. The molecule has 0 atom stereocenters. The summed E-state index contributed by atoms with van der Waals surface area (Å²) < 4.78 is 27.6. The number of nitrogens with zero attached hydrogens (tertiary/aromatic N) is 3. The molecule has 0 bridgehead atoms. The maximum Gasteiger partial charge on any atom is 0.270 e. The fourth-order valence-electron chi connectivity index (χ4n) is 2.78. The molecule has 2 aromatic carbocycles. The molecule has 1 heterocycles. The lowest BCUT2D eigenvalue weighted by atomic mass is 10.2. The zero-order valence-corrected chi connectivity index (χ0v) is 18.0. The lowest BCUT2D eigenvalue weighted by molar-refractivity contribution is -0.384. The minimum Gasteiger partial charge on any atom is -0.323 e. The lowest BCUT2D eigenvalue weighted by Crippen LogP contribution is -2.15. The SMILES string of the molecule is Cc1cc(NS(=O)(=O)c2ccc(NC(=O)/C=C/c3cccc([N+](=O)[O-])c3)cc2)nc(C)n1. The first-order chi connectivity index (χ1) is 15.1. The van der Waals surface area contributed by atoms with Crippen LogP contribution in [0, 0.1) is 24.0 Å². The van der Waals surface area contributed by atoms with Crippen LogP contribution in [0.15, 0.2) is 65.6 Å². The van der Waals surface area contributed by atoms with Gasteiger partial charge in [0, 0.05) is 35.7 Å². The Balaban J connectivity index is 1.66. The van der Waals surface area contributed by atoms with E-state index in [0.717, 1.165) is 0 Å². The summed E-state index contributed by atoms with van der Waals surface area (Å²) in [6.45, 7) is 3.40. The Morgan fingerprint density at radius 3 is 2.44 bits per heavy atom. The number of aryl methyl sites for hydroxylation is 2. The third-order valence-corrected chi connectivity index (χ3v) is 5.52. The predicted molar refractivity (Wildman–Crippen MR) is 120 cm³/mol. The molecule has 0 aliphatic rings. The van der Waals surface area contributed by atoms with Crippen LogP contribution in [0.4, 0.5) is 17.2 Å². The number of aromatic nitrogens is 2. The maximum atomic E-state index is 12.6. The third kappa shape index (κ3) is 5.95. The number of hydrogen-bond acceptors (Lipinski definition) is 7. The highest BCUT2D eigenvalue weighted by molar-refractivity contribution is 7.92. The molecular formula is C21H19N5O5S. The van der Waals surface area contributed by atoms with E-state index in [1.165, 1.54) is 60.7 Å². The Labute approximate surface area is 184 Å². The number of carbonyl (C=O) groups excluding carboxylic acids is 1. The summed E-state index contributed by atoms with van der Waals surface area (Å²) >= 11 is 0. The Hall–Kier alpha value is -4.12. The first kappa shape index (κ1) is 22.6. The van der Waals surface area contributed by atoms with E-state index >= 15 is 0 Å². The molecule has 3 aromatic rings. The molecule has 0 radical (unpaired) electrons. The van der Waals surface area contributed by atoms with Gasteiger partial charge in [0.25, 0.3) is 15.7 Å². The van der Waals surface area contributed by atoms with Crippen molar-refractivity contribution in [2.75, 3.05) is 10.0 Å². The number of non-ortho nitro benzene ring substituents is 1. The van der Waals surface area contributed by atoms with Crippen LogP contribution in [-0.2, 0) is 14.8 Å². The molecule has 0 unspecified atom stereocenters. The van der Waals surface area contributed by atoms with Crippen molar-refractivity contribution >= 4 is 39.2 Å². The van der Waals surface area contributed by atoms with Gasteiger partial charge in [-0.1, -0.05) is 12.1 Å². The second-order valence-corrected chi connectivity index (χ2v) is 8.43. The first-order valence-electron chi connectivity index (χ1n) is 9.31. The number of amides is 1. The summed E-state index contributed by atoms with van der Waals surface area (Å²) in [6.07, 6.45) is 2.67. The molecule has 3 rings (SSSR count). The zero-order chi connectivity index (χ0) is 23.3. The molecule has 11 heteroatoms. The molecule has 1 amide bonds. The van der Waals surface area contributed by atoms with Gasteiger partial charge in [-0.05, 0) is 49.8 Å². The fraction of sp³-hybridized carbons (Fsp3) is 0.0952. The van der Waals surface area contributed by atoms with Crippen molar-refractivity contribution in [3.63, 3.8) is 0 Å². The third-order valence-electron chi connectivity index (χ3n) is 4.15. The van der Waals surface area contributed by atoms with Crippen LogP contribution in [0.25, 0.3) is 6.08 Å². The zero-order valence-electron chi connectivity index (χ0n) is 17.1. The van der Waals surface area contributed by atoms with Gasteiger partial charge in [-0.2, -0.15) is 0 Å². The van der Waals surface area contributed by atoms with Gasteiger partial charge in [0.2, 0.25) is 5.91 Å².